The monoisotopic (exact) mass is 211 g/mol. The predicted molar refractivity (Wildman–Crippen MR) is 67.8 cm³/mol. The first kappa shape index (κ1) is 13.0. The second-order valence-electron chi connectivity index (χ2n) is 5.77. The lowest BCUT2D eigenvalue weighted by Crippen LogP contribution is -2.36. The van der Waals surface area contributed by atoms with Gasteiger partial charge in [0.2, 0.25) is 0 Å². The Labute approximate surface area is 95.8 Å². The van der Waals surface area contributed by atoms with Crippen LogP contribution in [0.4, 0.5) is 0 Å². The van der Waals surface area contributed by atoms with Crippen molar-refractivity contribution in [1.29, 1.82) is 0 Å². The Balaban J connectivity index is 2.48. The van der Waals surface area contributed by atoms with E-state index in [4.69, 9.17) is 5.73 Å². The molecule has 0 spiro atoms. The molecule has 1 rings (SSSR count). The molecule has 1 fully saturated rings. The molecular formula is C14H29N. The van der Waals surface area contributed by atoms with E-state index in [9.17, 15) is 0 Å². The third kappa shape index (κ3) is 3.48. The predicted octanol–water partition coefficient (Wildman–Crippen LogP) is 3.97. The first-order valence-corrected chi connectivity index (χ1v) is 6.86. The van der Waals surface area contributed by atoms with Gasteiger partial charge < -0.3 is 5.73 Å². The molecule has 1 saturated carbocycles. The maximum Gasteiger partial charge on any atom is -0.00204 e. The Hall–Kier alpha value is -0.0400. The van der Waals surface area contributed by atoms with Crippen molar-refractivity contribution in [2.45, 2.75) is 65.7 Å². The molecule has 0 aliphatic heterocycles. The summed E-state index contributed by atoms with van der Waals surface area (Å²) in [5, 5.41) is 0. The van der Waals surface area contributed by atoms with Gasteiger partial charge in [-0.25, -0.2) is 0 Å². The Morgan fingerprint density at radius 1 is 1.27 bits per heavy atom. The van der Waals surface area contributed by atoms with Crippen LogP contribution in [0, 0.1) is 17.3 Å². The van der Waals surface area contributed by atoms with Gasteiger partial charge in [0, 0.05) is 0 Å². The summed E-state index contributed by atoms with van der Waals surface area (Å²) in [5.41, 5.74) is 6.53. The van der Waals surface area contributed by atoms with Crippen molar-refractivity contribution < 1.29 is 0 Å². The lowest BCUT2D eigenvalue weighted by molar-refractivity contribution is 0.121. The van der Waals surface area contributed by atoms with Crippen LogP contribution >= 0.6 is 0 Å². The standard InChI is InChI=1S/C14H29N/c1-4-12(3)10-14(11-15)8-6-13(5-2)7-9-14/h12-13H,4-11,15H2,1-3H3. The van der Waals surface area contributed by atoms with E-state index in [0.29, 0.717) is 5.41 Å². The summed E-state index contributed by atoms with van der Waals surface area (Å²) in [6, 6.07) is 0. The molecule has 1 aliphatic carbocycles. The molecule has 15 heavy (non-hydrogen) atoms. The van der Waals surface area contributed by atoms with E-state index >= 15 is 0 Å². The summed E-state index contributed by atoms with van der Waals surface area (Å²) in [6.07, 6.45) is 9.63. The topological polar surface area (TPSA) is 26.0 Å². The van der Waals surface area contributed by atoms with E-state index in [1.165, 1.54) is 44.9 Å². The first-order chi connectivity index (χ1) is 7.15. The van der Waals surface area contributed by atoms with Gasteiger partial charge in [-0.1, -0.05) is 33.6 Å². The van der Waals surface area contributed by atoms with Crippen LogP contribution in [0.25, 0.3) is 0 Å². The summed E-state index contributed by atoms with van der Waals surface area (Å²) in [6.45, 7) is 7.92. The summed E-state index contributed by atoms with van der Waals surface area (Å²) in [5.74, 6) is 1.84. The third-order valence-corrected chi connectivity index (χ3v) is 4.65. The van der Waals surface area contributed by atoms with E-state index in [-0.39, 0.29) is 0 Å². The quantitative estimate of drug-likeness (QED) is 0.731. The molecule has 2 N–H and O–H groups in total. The Bertz CT molecular complexity index is 168. The van der Waals surface area contributed by atoms with Gasteiger partial charge >= 0.3 is 0 Å². The zero-order chi connectivity index (χ0) is 11.3. The highest BCUT2D eigenvalue weighted by Gasteiger charge is 2.34. The van der Waals surface area contributed by atoms with Crippen molar-refractivity contribution in [2.24, 2.45) is 23.0 Å². The molecule has 0 radical (unpaired) electrons. The van der Waals surface area contributed by atoms with Crippen molar-refractivity contribution in [3.8, 4) is 0 Å². The zero-order valence-corrected chi connectivity index (χ0v) is 10.9. The van der Waals surface area contributed by atoms with Gasteiger partial charge in [-0.05, 0) is 55.9 Å². The second-order valence-corrected chi connectivity index (χ2v) is 5.77. The van der Waals surface area contributed by atoms with Crippen LogP contribution in [-0.2, 0) is 0 Å². The van der Waals surface area contributed by atoms with Gasteiger partial charge in [-0.2, -0.15) is 0 Å². The molecule has 1 aliphatic rings. The zero-order valence-electron chi connectivity index (χ0n) is 10.9. The molecule has 1 unspecified atom stereocenters. The van der Waals surface area contributed by atoms with Crippen LogP contribution < -0.4 is 5.73 Å². The molecule has 0 heterocycles. The summed E-state index contributed by atoms with van der Waals surface area (Å²) in [7, 11) is 0. The van der Waals surface area contributed by atoms with Crippen LogP contribution in [0.15, 0.2) is 0 Å². The maximum atomic E-state index is 6.03. The van der Waals surface area contributed by atoms with Crippen LogP contribution in [0.3, 0.4) is 0 Å². The molecule has 0 aromatic heterocycles. The van der Waals surface area contributed by atoms with Gasteiger partial charge in [-0.3, -0.25) is 0 Å². The van der Waals surface area contributed by atoms with E-state index < -0.39 is 0 Å². The second kappa shape index (κ2) is 5.89. The average molecular weight is 211 g/mol. The number of hydrogen-bond acceptors (Lipinski definition) is 1. The van der Waals surface area contributed by atoms with Gasteiger partial charge in [0.25, 0.3) is 0 Å². The van der Waals surface area contributed by atoms with E-state index in [1.54, 1.807) is 0 Å². The van der Waals surface area contributed by atoms with Crippen molar-refractivity contribution in [3.63, 3.8) is 0 Å². The van der Waals surface area contributed by atoms with E-state index in [2.05, 4.69) is 20.8 Å². The smallest absolute Gasteiger partial charge is 0.00204 e. The highest BCUT2D eigenvalue weighted by molar-refractivity contribution is 4.87. The molecule has 0 amide bonds. The largest absolute Gasteiger partial charge is 0.330 e. The minimum atomic E-state index is 0.501. The van der Waals surface area contributed by atoms with Crippen molar-refractivity contribution in [3.05, 3.63) is 0 Å². The number of hydrogen-bond donors (Lipinski definition) is 1. The molecule has 0 aromatic carbocycles. The van der Waals surface area contributed by atoms with Gasteiger partial charge in [-0.15, -0.1) is 0 Å². The third-order valence-electron chi connectivity index (χ3n) is 4.65. The highest BCUT2D eigenvalue weighted by atomic mass is 14.6. The van der Waals surface area contributed by atoms with Crippen molar-refractivity contribution in [2.75, 3.05) is 6.54 Å². The molecule has 0 bridgehead atoms. The molecular weight excluding hydrogens is 182 g/mol. The summed E-state index contributed by atoms with van der Waals surface area (Å²) < 4.78 is 0. The van der Waals surface area contributed by atoms with E-state index in [1.807, 2.05) is 0 Å². The lowest BCUT2D eigenvalue weighted by Gasteiger charge is -2.41. The maximum absolute atomic E-state index is 6.03. The fourth-order valence-electron chi connectivity index (χ4n) is 3.07. The Kier molecular flexibility index (Phi) is 5.11. The van der Waals surface area contributed by atoms with Crippen molar-refractivity contribution >= 4 is 0 Å². The molecule has 0 aromatic rings. The SMILES string of the molecule is CCC(C)CC1(CN)CCC(CC)CC1. The van der Waals surface area contributed by atoms with Crippen LogP contribution in [0.5, 0.6) is 0 Å². The number of rotatable bonds is 5. The highest BCUT2D eigenvalue weighted by Crippen LogP contribution is 2.43. The fraction of sp³-hybridized carbons (Fsp3) is 1.00. The first-order valence-electron chi connectivity index (χ1n) is 6.86. The van der Waals surface area contributed by atoms with Gasteiger partial charge in [0.1, 0.15) is 0 Å². The normalized spacial score (nSPS) is 34.0. The minimum absolute atomic E-state index is 0.501. The van der Waals surface area contributed by atoms with E-state index in [0.717, 1.165) is 18.4 Å². The number of nitrogens with two attached hydrogens (primary N) is 1. The Morgan fingerprint density at radius 3 is 2.27 bits per heavy atom. The van der Waals surface area contributed by atoms with Crippen LogP contribution in [0.1, 0.15) is 65.7 Å². The molecule has 1 heteroatoms. The van der Waals surface area contributed by atoms with Crippen LogP contribution in [-0.4, -0.2) is 6.54 Å². The lowest BCUT2D eigenvalue weighted by atomic mass is 9.66. The minimum Gasteiger partial charge on any atom is -0.330 e. The Morgan fingerprint density at radius 2 is 1.87 bits per heavy atom. The average Bonchev–Trinajstić information content (AvgIpc) is 2.30. The van der Waals surface area contributed by atoms with Crippen LogP contribution in [0.2, 0.25) is 0 Å². The molecule has 1 nitrogen and oxygen atoms in total. The van der Waals surface area contributed by atoms with Crippen molar-refractivity contribution in [1.82, 2.24) is 0 Å². The summed E-state index contributed by atoms with van der Waals surface area (Å²) in [4.78, 5) is 0. The van der Waals surface area contributed by atoms with Gasteiger partial charge in [0.05, 0.1) is 0 Å². The fourth-order valence-corrected chi connectivity index (χ4v) is 3.07. The molecule has 90 valence electrons. The molecule has 1 atom stereocenters. The summed E-state index contributed by atoms with van der Waals surface area (Å²) >= 11 is 0. The van der Waals surface area contributed by atoms with Gasteiger partial charge in [0.15, 0.2) is 0 Å². The molecule has 0 saturated heterocycles.